The zero-order chi connectivity index (χ0) is 20.7. The van der Waals surface area contributed by atoms with E-state index in [0.29, 0.717) is 12.6 Å². The highest BCUT2D eigenvalue weighted by Crippen LogP contribution is 2.55. The molecule has 0 spiro atoms. The van der Waals surface area contributed by atoms with Gasteiger partial charge >= 0.3 is 16.3 Å². The third-order valence-electron chi connectivity index (χ3n) is 3.02. The molecular formula is C12H23O12P2+2. The standard InChI is InChI=1S/C12H23O12P2/c1-8-3-11(12(23-8)7-20-25(15,16)17)24-26(18,19)21-6-10(5-14)22-9(2)4-13/h3-5,8-12,15-19H,6-7H2,1-2H3/q+2/t8-,9+,10-,11+,12+/m0/s1/i15D. The summed E-state index contributed by atoms with van der Waals surface area (Å²) in [5.74, 6) is 0. The van der Waals surface area contributed by atoms with Gasteiger partial charge in [0.2, 0.25) is 0 Å². The van der Waals surface area contributed by atoms with Crippen LogP contribution in [0.25, 0.3) is 0 Å². The normalized spacial score (nSPS) is 27.0. The zero-order valence-electron chi connectivity index (χ0n) is 15.0. The maximum atomic E-state index is 10.9. The molecule has 1 aliphatic heterocycles. The molecular weight excluding hydrogens is 398 g/mol. The molecule has 1 fully saturated rings. The number of aldehydes is 2. The maximum Gasteiger partial charge on any atom is 0.570 e. The highest BCUT2D eigenvalue weighted by atomic mass is 31.2. The molecule has 0 aliphatic carbocycles. The molecule has 0 aromatic carbocycles. The van der Waals surface area contributed by atoms with Crippen LogP contribution in [0.3, 0.4) is 0 Å². The molecule has 1 aliphatic rings. The van der Waals surface area contributed by atoms with Crippen molar-refractivity contribution in [2.45, 2.75) is 44.4 Å². The number of ether oxygens (including phenoxy) is 2. The lowest BCUT2D eigenvalue weighted by molar-refractivity contribution is -0.131. The Labute approximate surface area is 152 Å². The van der Waals surface area contributed by atoms with Crippen molar-refractivity contribution >= 4 is 28.9 Å². The minimum atomic E-state index is -4.42. The molecule has 1 radical (unpaired) electrons. The fraction of sp³-hybridized carbons (Fsp3) is 0.750. The first-order valence-electron chi connectivity index (χ1n) is 7.80. The summed E-state index contributed by atoms with van der Waals surface area (Å²) in [6.45, 7) is 1.94. The zero-order valence-corrected chi connectivity index (χ0v) is 15.8. The van der Waals surface area contributed by atoms with Crippen LogP contribution in [0.1, 0.15) is 13.8 Å². The molecule has 151 valence electrons. The van der Waals surface area contributed by atoms with Gasteiger partial charge in [-0.25, -0.2) is 0 Å². The van der Waals surface area contributed by atoms with Crippen molar-refractivity contribution in [2.75, 3.05) is 13.2 Å². The average Bonchev–Trinajstić information content (AvgIpc) is 2.95. The lowest BCUT2D eigenvalue weighted by Gasteiger charge is -2.19. The van der Waals surface area contributed by atoms with E-state index in [9.17, 15) is 29.2 Å². The first kappa shape index (κ1) is 22.1. The topological polar surface area (TPSA) is 181 Å². The van der Waals surface area contributed by atoms with Crippen molar-refractivity contribution in [3.05, 3.63) is 6.42 Å². The second-order valence-electron chi connectivity index (χ2n) is 5.37. The Kier molecular flexibility index (Phi) is 8.81. The Hall–Kier alpha value is -0.200. The van der Waals surface area contributed by atoms with Crippen LogP contribution in [0.5, 0.6) is 0 Å². The van der Waals surface area contributed by atoms with Crippen LogP contribution in [0.15, 0.2) is 0 Å². The fourth-order valence-corrected chi connectivity index (χ4v) is 3.24. The molecule has 0 unspecified atom stereocenters. The van der Waals surface area contributed by atoms with Crippen LogP contribution in [0, 0.1) is 6.42 Å². The predicted octanol–water partition coefficient (Wildman–Crippen LogP) is -1.12. The summed E-state index contributed by atoms with van der Waals surface area (Å²) in [6, 6.07) is 0. The Morgan fingerprint density at radius 3 is 2.54 bits per heavy atom. The van der Waals surface area contributed by atoms with Gasteiger partial charge in [-0.1, -0.05) is 0 Å². The number of carbonyl (C=O) groups is 2. The highest BCUT2D eigenvalue weighted by molar-refractivity contribution is 7.54. The summed E-state index contributed by atoms with van der Waals surface area (Å²) >= 11 is 0. The monoisotopic (exact) mass is 422 g/mol. The summed E-state index contributed by atoms with van der Waals surface area (Å²) in [6.07, 6.45) is -2.44. The molecule has 5 N–H and O–H groups in total. The Balaban J connectivity index is 2.58. The second-order valence-corrected chi connectivity index (χ2v) is 8.06. The molecule has 0 saturated carbocycles. The van der Waals surface area contributed by atoms with Crippen LogP contribution in [0.2, 0.25) is 0 Å². The SMILES string of the molecule is [2H]O[P+](O)(O)OC[C@H]1O[C@@H](C)[CH][C@H]1O[P+](O)(O)OC[C@H](C=O)O[C@H](C)C=O. The number of hydrogen-bond acceptors (Lipinski definition) is 12. The largest absolute Gasteiger partial charge is 0.570 e. The maximum absolute atomic E-state index is 10.9. The van der Waals surface area contributed by atoms with Crippen molar-refractivity contribution in [1.29, 1.82) is 1.43 Å². The lowest BCUT2D eigenvalue weighted by Crippen LogP contribution is -2.31. The minimum Gasteiger partial charge on any atom is -0.369 e. The van der Waals surface area contributed by atoms with Crippen molar-refractivity contribution < 1.29 is 57.1 Å². The van der Waals surface area contributed by atoms with E-state index in [1.54, 1.807) is 6.92 Å². The smallest absolute Gasteiger partial charge is 0.369 e. The number of carbonyl (C=O) groups excluding carboxylic acids is 2. The van der Waals surface area contributed by atoms with Gasteiger partial charge in [0.25, 0.3) is 1.43 Å². The molecule has 1 heterocycles. The first-order valence-corrected chi connectivity index (χ1v) is 10.5. The van der Waals surface area contributed by atoms with Crippen molar-refractivity contribution in [1.82, 2.24) is 0 Å². The molecule has 5 atom stereocenters. The molecule has 0 amide bonds. The first-order chi connectivity index (χ1) is 12.5. The van der Waals surface area contributed by atoms with E-state index in [1.807, 2.05) is 0 Å². The van der Waals surface area contributed by atoms with E-state index >= 15 is 0 Å². The summed E-state index contributed by atoms with van der Waals surface area (Å²) in [7, 11) is -8.76. The second kappa shape index (κ2) is 10.4. The average molecular weight is 422 g/mol. The highest BCUT2D eigenvalue weighted by Gasteiger charge is 2.50. The lowest BCUT2D eigenvalue weighted by atomic mass is 10.1. The van der Waals surface area contributed by atoms with E-state index in [1.165, 1.54) is 13.3 Å². The van der Waals surface area contributed by atoms with Gasteiger partial charge < -0.3 is 19.1 Å². The van der Waals surface area contributed by atoms with Crippen molar-refractivity contribution in [3.63, 3.8) is 0 Å². The quantitative estimate of drug-likeness (QED) is 0.178. The third kappa shape index (κ3) is 9.14. The summed E-state index contributed by atoms with van der Waals surface area (Å²) < 4.78 is 31.3. The van der Waals surface area contributed by atoms with Gasteiger partial charge in [-0.05, 0) is 13.8 Å². The molecule has 26 heavy (non-hydrogen) atoms. The molecule has 1 saturated heterocycles. The number of rotatable bonds is 13. The van der Waals surface area contributed by atoms with Gasteiger partial charge in [0, 0.05) is 6.42 Å². The van der Waals surface area contributed by atoms with Crippen molar-refractivity contribution in [3.8, 4) is 0 Å². The van der Waals surface area contributed by atoms with E-state index in [4.69, 9.17) is 20.0 Å². The van der Waals surface area contributed by atoms with Crippen LogP contribution in [-0.2, 0) is 32.6 Å². The van der Waals surface area contributed by atoms with Gasteiger partial charge in [-0.15, -0.1) is 4.52 Å². The Bertz CT molecular complexity index is 481. The van der Waals surface area contributed by atoms with Gasteiger partial charge in [-0.2, -0.15) is 33.5 Å². The molecule has 0 aromatic heterocycles. The predicted molar refractivity (Wildman–Crippen MR) is 86.8 cm³/mol. The molecule has 0 bridgehead atoms. The van der Waals surface area contributed by atoms with Crippen LogP contribution < -0.4 is 0 Å². The molecule has 0 aromatic rings. The van der Waals surface area contributed by atoms with Crippen LogP contribution in [-0.4, -0.2) is 82.2 Å². The van der Waals surface area contributed by atoms with E-state index < -0.39 is 60.1 Å². The Morgan fingerprint density at radius 2 is 1.96 bits per heavy atom. The summed E-state index contributed by atoms with van der Waals surface area (Å²) in [4.78, 5) is 63.2. The van der Waals surface area contributed by atoms with E-state index in [2.05, 4.69) is 9.42 Å². The summed E-state index contributed by atoms with van der Waals surface area (Å²) in [5, 5.41) is 0. The summed E-state index contributed by atoms with van der Waals surface area (Å²) in [5.41, 5.74) is 0. The van der Waals surface area contributed by atoms with Gasteiger partial charge in [-0.3, -0.25) is 0 Å². The minimum absolute atomic E-state index is 0.330. The molecule has 1 rings (SSSR count). The van der Waals surface area contributed by atoms with Crippen LogP contribution >= 0.6 is 16.3 Å². The Morgan fingerprint density at radius 1 is 1.27 bits per heavy atom. The molecule has 12 nitrogen and oxygen atoms in total. The van der Waals surface area contributed by atoms with Crippen LogP contribution in [0.4, 0.5) is 0 Å². The number of hydrogen-bond donors (Lipinski definition) is 5. The van der Waals surface area contributed by atoms with Gasteiger partial charge in [0.1, 0.15) is 43.9 Å². The molecule has 14 heteroatoms. The fourth-order valence-electron chi connectivity index (χ4n) is 1.98. The third-order valence-corrected chi connectivity index (χ3v) is 4.51. The van der Waals surface area contributed by atoms with Crippen molar-refractivity contribution in [2.24, 2.45) is 0 Å². The van der Waals surface area contributed by atoms with Gasteiger partial charge in [0.15, 0.2) is 6.29 Å². The van der Waals surface area contributed by atoms with E-state index in [0.717, 1.165) is 0 Å². The van der Waals surface area contributed by atoms with Gasteiger partial charge in [0.05, 0.1) is 6.10 Å². The van der Waals surface area contributed by atoms with E-state index in [-0.39, 0.29) is 0 Å².